The Kier molecular flexibility index (Phi) is 16.6. The van der Waals surface area contributed by atoms with E-state index < -0.39 is 12.1 Å². The Bertz CT molecular complexity index is 843. The van der Waals surface area contributed by atoms with Gasteiger partial charge in [-0.3, -0.25) is 4.79 Å². The molecule has 1 saturated heterocycles. The van der Waals surface area contributed by atoms with Crippen molar-refractivity contribution in [2.45, 2.75) is 47.8 Å². The molecule has 2 aromatic rings. The highest BCUT2D eigenvalue weighted by atomic mass is 19.1. The van der Waals surface area contributed by atoms with Crippen LogP contribution in [0.15, 0.2) is 67.8 Å². The Morgan fingerprint density at radius 2 is 1.47 bits per heavy atom. The van der Waals surface area contributed by atoms with Gasteiger partial charge in [0.2, 0.25) is 5.75 Å². The van der Waals surface area contributed by atoms with E-state index in [2.05, 4.69) is 13.2 Å². The van der Waals surface area contributed by atoms with E-state index in [1.807, 2.05) is 71.9 Å². The minimum absolute atomic E-state index is 0.00652. The third kappa shape index (κ3) is 9.02. The number of ether oxygens (including phenoxy) is 3. The molecule has 0 spiro atoms. The molecule has 0 bridgehead atoms. The standard InChI is InChI=1S/C18H16FNO4.2C3H6.2C2H6/c19-15-13(17(21)20-8-10-22-11-9-20)6-7-14-16(15)24-18(23-14)12-4-2-1-3-5-12;2*1-3-2;2*1-2/h1-7,18H,8-11H2;2*3H,1H2,2H3;2*1-2H3. The third-order valence-electron chi connectivity index (χ3n) is 4.12. The molecule has 5 nitrogen and oxygen atoms in total. The van der Waals surface area contributed by atoms with Gasteiger partial charge in [0.25, 0.3) is 12.2 Å². The van der Waals surface area contributed by atoms with Gasteiger partial charge in [-0.2, -0.15) is 0 Å². The number of hydrogen-bond donors (Lipinski definition) is 0. The molecule has 1 unspecified atom stereocenters. The maximum atomic E-state index is 14.8. The molecule has 2 heterocycles. The number of amides is 1. The van der Waals surface area contributed by atoms with Gasteiger partial charge < -0.3 is 19.1 Å². The van der Waals surface area contributed by atoms with Crippen molar-refractivity contribution < 1.29 is 23.4 Å². The third-order valence-corrected chi connectivity index (χ3v) is 4.12. The van der Waals surface area contributed by atoms with Crippen molar-refractivity contribution in [2.75, 3.05) is 26.3 Å². The molecule has 0 saturated carbocycles. The van der Waals surface area contributed by atoms with Gasteiger partial charge in [-0.25, -0.2) is 4.39 Å². The van der Waals surface area contributed by atoms with Crippen LogP contribution in [-0.4, -0.2) is 37.1 Å². The fourth-order valence-corrected chi connectivity index (χ4v) is 2.84. The highest BCUT2D eigenvalue weighted by Crippen LogP contribution is 2.43. The van der Waals surface area contributed by atoms with Crippen molar-refractivity contribution in [2.24, 2.45) is 0 Å². The van der Waals surface area contributed by atoms with Gasteiger partial charge in [0.15, 0.2) is 11.6 Å². The lowest BCUT2D eigenvalue weighted by molar-refractivity contribution is 0.0297. The van der Waals surface area contributed by atoms with Gasteiger partial charge in [0.05, 0.1) is 18.8 Å². The first-order valence-electron chi connectivity index (χ1n) is 11.8. The molecule has 2 aliphatic rings. The molecule has 0 aromatic heterocycles. The summed E-state index contributed by atoms with van der Waals surface area (Å²) >= 11 is 0. The van der Waals surface area contributed by atoms with Gasteiger partial charge in [-0.15, -0.1) is 13.2 Å². The summed E-state index contributed by atoms with van der Waals surface area (Å²) in [7, 11) is 0. The minimum Gasteiger partial charge on any atom is -0.447 e. The highest BCUT2D eigenvalue weighted by Gasteiger charge is 2.32. The van der Waals surface area contributed by atoms with Crippen molar-refractivity contribution >= 4 is 5.91 Å². The van der Waals surface area contributed by atoms with Crippen LogP contribution in [0.3, 0.4) is 0 Å². The summed E-state index contributed by atoms with van der Waals surface area (Å²) in [5, 5.41) is 0. The maximum Gasteiger partial charge on any atom is 0.268 e. The Morgan fingerprint density at radius 1 is 0.941 bits per heavy atom. The number of nitrogens with zero attached hydrogens (tertiary/aromatic N) is 1. The van der Waals surface area contributed by atoms with E-state index in [1.165, 1.54) is 6.07 Å². The van der Waals surface area contributed by atoms with Crippen molar-refractivity contribution in [3.63, 3.8) is 0 Å². The molecule has 6 heteroatoms. The minimum atomic E-state index is -0.704. The molecule has 0 radical (unpaired) electrons. The number of hydrogen-bond acceptors (Lipinski definition) is 4. The second kappa shape index (κ2) is 18.3. The Morgan fingerprint density at radius 3 is 2.00 bits per heavy atom. The lowest BCUT2D eigenvalue weighted by Crippen LogP contribution is -2.41. The number of fused-ring (bicyclic) bond motifs is 1. The number of carbonyl (C=O) groups excluding carboxylic acids is 1. The van der Waals surface area contributed by atoms with Crippen LogP contribution < -0.4 is 9.47 Å². The van der Waals surface area contributed by atoms with Crippen LogP contribution in [0.1, 0.15) is 63.8 Å². The highest BCUT2D eigenvalue weighted by molar-refractivity contribution is 5.95. The zero-order chi connectivity index (χ0) is 25.9. The van der Waals surface area contributed by atoms with E-state index in [-0.39, 0.29) is 17.2 Å². The zero-order valence-electron chi connectivity index (χ0n) is 21.5. The molecule has 0 aliphatic carbocycles. The summed E-state index contributed by atoms with van der Waals surface area (Å²) in [4.78, 5) is 14.1. The number of benzene rings is 2. The maximum absolute atomic E-state index is 14.8. The van der Waals surface area contributed by atoms with E-state index in [4.69, 9.17) is 14.2 Å². The second-order valence-corrected chi connectivity index (χ2v) is 6.45. The number of halogens is 1. The fourth-order valence-electron chi connectivity index (χ4n) is 2.84. The fraction of sp³-hybridized carbons (Fsp3) is 0.393. The monoisotopic (exact) mass is 473 g/mol. The van der Waals surface area contributed by atoms with Crippen LogP contribution in [0.4, 0.5) is 4.39 Å². The summed E-state index contributed by atoms with van der Waals surface area (Å²) in [6, 6.07) is 12.3. The predicted octanol–water partition coefficient (Wildman–Crippen LogP) is 7.21. The molecule has 34 heavy (non-hydrogen) atoms. The van der Waals surface area contributed by atoms with Crippen LogP contribution in [0.25, 0.3) is 0 Å². The molecule has 0 N–H and O–H groups in total. The topological polar surface area (TPSA) is 48.0 Å². The Balaban J connectivity index is 0.000000954. The van der Waals surface area contributed by atoms with Gasteiger partial charge in [-0.05, 0) is 26.0 Å². The van der Waals surface area contributed by atoms with E-state index in [0.717, 1.165) is 5.56 Å². The number of carbonyl (C=O) groups is 1. The Labute approximate surface area is 204 Å². The number of allylic oxidation sites excluding steroid dienone is 2. The summed E-state index contributed by atoms with van der Waals surface area (Å²) in [6.45, 7) is 20.3. The van der Waals surface area contributed by atoms with Crippen LogP contribution in [0.2, 0.25) is 0 Å². The summed E-state index contributed by atoms with van der Waals surface area (Å²) in [5.41, 5.74) is 0.780. The van der Waals surface area contributed by atoms with E-state index in [9.17, 15) is 9.18 Å². The molecule has 2 aromatic carbocycles. The summed E-state index contributed by atoms with van der Waals surface area (Å²) < 4.78 is 31.3. The summed E-state index contributed by atoms with van der Waals surface area (Å²) in [6.07, 6.45) is 2.80. The van der Waals surface area contributed by atoms with E-state index in [1.54, 1.807) is 23.1 Å². The lowest BCUT2D eigenvalue weighted by atomic mass is 10.1. The first kappa shape index (κ1) is 30.9. The normalized spacial score (nSPS) is 14.8. The molecule has 1 fully saturated rings. The lowest BCUT2D eigenvalue weighted by Gasteiger charge is -2.27. The van der Waals surface area contributed by atoms with Gasteiger partial charge in [-0.1, -0.05) is 70.2 Å². The first-order chi connectivity index (χ1) is 16.6. The van der Waals surface area contributed by atoms with Crippen molar-refractivity contribution in [1.29, 1.82) is 0 Å². The largest absolute Gasteiger partial charge is 0.447 e. The zero-order valence-corrected chi connectivity index (χ0v) is 21.5. The molecule has 2 aliphatic heterocycles. The van der Waals surface area contributed by atoms with Crippen molar-refractivity contribution in [3.05, 3.63) is 84.7 Å². The van der Waals surface area contributed by atoms with Crippen LogP contribution in [0.5, 0.6) is 11.5 Å². The molecule has 188 valence electrons. The summed E-state index contributed by atoms with van der Waals surface area (Å²) in [5.74, 6) is -0.740. The van der Waals surface area contributed by atoms with Crippen LogP contribution >= 0.6 is 0 Å². The average molecular weight is 474 g/mol. The molecule has 4 rings (SSSR count). The van der Waals surface area contributed by atoms with Crippen molar-refractivity contribution in [1.82, 2.24) is 4.90 Å². The van der Waals surface area contributed by atoms with Crippen LogP contribution in [-0.2, 0) is 4.74 Å². The molecule has 1 amide bonds. The van der Waals surface area contributed by atoms with Crippen LogP contribution in [0, 0.1) is 5.82 Å². The second-order valence-electron chi connectivity index (χ2n) is 6.45. The number of rotatable bonds is 2. The van der Waals surface area contributed by atoms with Gasteiger partial charge in [0.1, 0.15) is 0 Å². The van der Waals surface area contributed by atoms with Crippen molar-refractivity contribution in [3.8, 4) is 11.5 Å². The molecular weight excluding hydrogens is 433 g/mol. The van der Waals surface area contributed by atoms with Gasteiger partial charge >= 0.3 is 0 Å². The SMILES string of the molecule is C=CC.C=CC.CC.CC.O=C(c1ccc2c(c1F)OC(c1ccccc1)O2)N1CCOCC1. The Hall–Kier alpha value is -3.12. The number of morpholine rings is 1. The molecule has 1 atom stereocenters. The quantitative estimate of drug-likeness (QED) is 0.433. The molecular formula is C28H40FNO4. The van der Waals surface area contributed by atoms with Gasteiger partial charge in [0, 0.05) is 18.7 Å². The average Bonchev–Trinajstić information content (AvgIpc) is 3.34. The predicted molar refractivity (Wildman–Crippen MR) is 138 cm³/mol. The van der Waals surface area contributed by atoms with E-state index >= 15 is 0 Å². The first-order valence-corrected chi connectivity index (χ1v) is 11.8. The van der Waals surface area contributed by atoms with E-state index in [0.29, 0.717) is 32.1 Å². The smallest absolute Gasteiger partial charge is 0.268 e.